The molecule has 0 radical (unpaired) electrons. The highest BCUT2D eigenvalue weighted by molar-refractivity contribution is 5.64. The van der Waals surface area contributed by atoms with Crippen molar-refractivity contribution in [2.75, 3.05) is 41.8 Å². The fourth-order valence-electron chi connectivity index (χ4n) is 3.69. The van der Waals surface area contributed by atoms with Gasteiger partial charge in [0.05, 0.1) is 31.0 Å². The van der Waals surface area contributed by atoms with Gasteiger partial charge in [-0.2, -0.15) is 4.98 Å². The minimum Gasteiger partial charge on any atom is -0.375 e. The van der Waals surface area contributed by atoms with Crippen LogP contribution < -0.4 is 15.5 Å². The zero-order chi connectivity index (χ0) is 20.6. The molecule has 0 bridgehead atoms. The molecule has 2 aliphatic heterocycles. The van der Waals surface area contributed by atoms with Gasteiger partial charge in [-0.1, -0.05) is 0 Å². The van der Waals surface area contributed by atoms with Gasteiger partial charge in [0, 0.05) is 43.5 Å². The summed E-state index contributed by atoms with van der Waals surface area (Å²) in [5.74, 6) is -1.61. The summed E-state index contributed by atoms with van der Waals surface area (Å²) >= 11 is 0. The van der Waals surface area contributed by atoms with Crippen molar-refractivity contribution in [2.45, 2.75) is 44.8 Å². The minimum absolute atomic E-state index is 0.0484. The zero-order valence-corrected chi connectivity index (χ0v) is 16.6. The van der Waals surface area contributed by atoms with Crippen molar-refractivity contribution >= 4 is 17.7 Å². The summed E-state index contributed by atoms with van der Waals surface area (Å²) in [6.45, 7) is 5.39. The van der Waals surface area contributed by atoms with Crippen molar-refractivity contribution in [1.82, 2.24) is 19.9 Å². The standard InChI is InChI=1S/C19H25F2N7O/c1-12-10-29-13(2)9-28(12)16-6-15(14-7-23-17(22)24-8-14)25-18(26-16)27-5-3-4-19(20,21)11-27/h6-8,12-13H,3-5,9-11H2,1-2H3,(H2,22,23,24)/t12-,13-/m0/s1. The lowest BCUT2D eigenvalue weighted by atomic mass is 10.1. The highest BCUT2D eigenvalue weighted by Crippen LogP contribution is 2.32. The van der Waals surface area contributed by atoms with E-state index in [1.54, 1.807) is 17.3 Å². The molecule has 0 amide bonds. The van der Waals surface area contributed by atoms with E-state index in [1.807, 2.05) is 13.0 Å². The molecular formula is C19H25F2N7O. The Bertz CT molecular complexity index is 864. The van der Waals surface area contributed by atoms with Crippen LogP contribution in [0.5, 0.6) is 0 Å². The van der Waals surface area contributed by atoms with Crippen molar-refractivity contribution < 1.29 is 13.5 Å². The van der Waals surface area contributed by atoms with Crippen LogP contribution in [0, 0.1) is 0 Å². The summed E-state index contributed by atoms with van der Waals surface area (Å²) < 4.78 is 33.8. The first-order valence-electron chi connectivity index (χ1n) is 9.79. The van der Waals surface area contributed by atoms with Crippen molar-refractivity contribution in [3.63, 3.8) is 0 Å². The third-order valence-electron chi connectivity index (χ3n) is 5.25. The van der Waals surface area contributed by atoms with E-state index >= 15 is 0 Å². The largest absolute Gasteiger partial charge is 0.375 e. The summed E-state index contributed by atoms with van der Waals surface area (Å²) in [5.41, 5.74) is 6.82. The van der Waals surface area contributed by atoms with E-state index in [2.05, 4.69) is 31.8 Å². The molecule has 2 aliphatic rings. The Kier molecular flexibility index (Phi) is 5.20. The van der Waals surface area contributed by atoms with Gasteiger partial charge in [-0.15, -0.1) is 0 Å². The maximum atomic E-state index is 14.0. The number of ether oxygens (including phenoxy) is 1. The van der Waals surface area contributed by atoms with Gasteiger partial charge in [-0.05, 0) is 20.3 Å². The Morgan fingerprint density at radius 2 is 1.97 bits per heavy atom. The number of alkyl halides is 2. The second-order valence-electron chi connectivity index (χ2n) is 7.77. The van der Waals surface area contributed by atoms with Crippen molar-refractivity contribution in [2.24, 2.45) is 0 Å². The Morgan fingerprint density at radius 3 is 2.69 bits per heavy atom. The van der Waals surface area contributed by atoms with E-state index in [1.165, 1.54) is 0 Å². The molecule has 4 rings (SSSR count). The van der Waals surface area contributed by atoms with Gasteiger partial charge >= 0.3 is 0 Å². The highest BCUT2D eigenvalue weighted by Gasteiger charge is 2.36. The lowest BCUT2D eigenvalue weighted by Crippen LogP contribution is -2.48. The second-order valence-corrected chi connectivity index (χ2v) is 7.77. The van der Waals surface area contributed by atoms with E-state index in [4.69, 9.17) is 10.5 Å². The molecule has 2 saturated heterocycles. The smallest absolute Gasteiger partial charge is 0.265 e. The predicted molar refractivity (Wildman–Crippen MR) is 106 cm³/mol. The summed E-state index contributed by atoms with van der Waals surface area (Å²) in [6.07, 6.45) is 3.49. The number of aromatic nitrogens is 4. The van der Waals surface area contributed by atoms with E-state index in [0.29, 0.717) is 49.1 Å². The number of rotatable bonds is 3. The van der Waals surface area contributed by atoms with Crippen LogP contribution in [-0.4, -0.2) is 64.2 Å². The maximum Gasteiger partial charge on any atom is 0.265 e. The summed E-state index contributed by atoms with van der Waals surface area (Å²) in [6, 6.07) is 1.95. The maximum absolute atomic E-state index is 14.0. The molecule has 156 valence electrons. The Balaban J connectivity index is 1.76. The van der Waals surface area contributed by atoms with Crippen LogP contribution in [-0.2, 0) is 4.74 Å². The van der Waals surface area contributed by atoms with Crippen LogP contribution in [0.3, 0.4) is 0 Å². The van der Waals surface area contributed by atoms with E-state index < -0.39 is 5.92 Å². The lowest BCUT2D eigenvalue weighted by Gasteiger charge is -2.38. The number of anilines is 3. The van der Waals surface area contributed by atoms with Crippen LogP contribution in [0.15, 0.2) is 18.5 Å². The molecule has 4 heterocycles. The Labute approximate surface area is 168 Å². The van der Waals surface area contributed by atoms with Gasteiger partial charge in [-0.3, -0.25) is 0 Å². The molecule has 0 saturated carbocycles. The number of morpholine rings is 1. The van der Waals surface area contributed by atoms with Crippen molar-refractivity contribution in [3.8, 4) is 11.3 Å². The average Bonchev–Trinajstić information content (AvgIpc) is 2.69. The predicted octanol–water partition coefficient (Wildman–Crippen LogP) is 2.36. The molecule has 2 aromatic heterocycles. The number of hydrogen-bond acceptors (Lipinski definition) is 8. The first kappa shape index (κ1) is 19.7. The van der Waals surface area contributed by atoms with Gasteiger partial charge in [0.15, 0.2) is 0 Å². The van der Waals surface area contributed by atoms with Gasteiger partial charge in [-0.25, -0.2) is 23.7 Å². The van der Waals surface area contributed by atoms with E-state index in [0.717, 1.165) is 0 Å². The molecule has 0 spiro atoms. The first-order valence-corrected chi connectivity index (χ1v) is 9.79. The third-order valence-corrected chi connectivity index (χ3v) is 5.25. The van der Waals surface area contributed by atoms with E-state index in [9.17, 15) is 8.78 Å². The van der Waals surface area contributed by atoms with Crippen LogP contribution in [0.25, 0.3) is 11.3 Å². The third kappa shape index (κ3) is 4.36. The van der Waals surface area contributed by atoms with Gasteiger partial charge in [0.1, 0.15) is 5.82 Å². The fourth-order valence-corrected chi connectivity index (χ4v) is 3.69. The first-order chi connectivity index (χ1) is 13.8. The van der Waals surface area contributed by atoms with Gasteiger partial charge in [0.25, 0.3) is 5.92 Å². The summed E-state index contributed by atoms with van der Waals surface area (Å²) in [5, 5.41) is 0. The Morgan fingerprint density at radius 1 is 1.21 bits per heavy atom. The molecule has 2 aromatic rings. The van der Waals surface area contributed by atoms with Crippen LogP contribution in [0.2, 0.25) is 0 Å². The summed E-state index contributed by atoms with van der Waals surface area (Å²) in [7, 11) is 0. The molecule has 2 atom stereocenters. The number of halogens is 2. The molecule has 0 unspecified atom stereocenters. The zero-order valence-electron chi connectivity index (χ0n) is 16.6. The number of piperidine rings is 1. The van der Waals surface area contributed by atoms with Crippen LogP contribution >= 0.6 is 0 Å². The molecular weight excluding hydrogens is 380 g/mol. The molecule has 2 fully saturated rings. The van der Waals surface area contributed by atoms with Crippen molar-refractivity contribution in [1.29, 1.82) is 0 Å². The topological polar surface area (TPSA) is 93.3 Å². The van der Waals surface area contributed by atoms with E-state index in [-0.39, 0.29) is 31.1 Å². The Hall–Kier alpha value is -2.62. The number of nitrogen functional groups attached to an aromatic ring is 1. The SMILES string of the molecule is C[C@H]1CN(c2cc(-c3cnc(N)nc3)nc(N3CCCC(F)(F)C3)n2)[C@@H](C)CO1. The fraction of sp³-hybridized carbons (Fsp3) is 0.579. The van der Waals surface area contributed by atoms with Gasteiger partial charge < -0.3 is 20.3 Å². The highest BCUT2D eigenvalue weighted by atomic mass is 19.3. The van der Waals surface area contributed by atoms with Crippen LogP contribution in [0.4, 0.5) is 26.5 Å². The molecule has 29 heavy (non-hydrogen) atoms. The number of nitrogens with zero attached hydrogens (tertiary/aromatic N) is 6. The molecule has 0 aliphatic carbocycles. The number of hydrogen-bond donors (Lipinski definition) is 1. The van der Waals surface area contributed by atoms with Crippen molar-refractivity contribution in [3.05, 3.63) is 18.5 Å². The summed E-state index contributed by atoms with van der Waals surface area (Å²) in [4.78, 5) is 21.0. The van der Waals surface area contributed by atoms with Gasteiger partial charge in [0.2, 0.25) is 11.9 Å². The minimum atomic E-state index is -2.75. The quantitative estimate of drug-likeness (QED) is 0.832. The molecule has 0 aromatic carbocycles. The monoisotopic (exact) mass is 405 g/mol. The lowest BCUT2D eigenvalue weighted by molar-refractivity contribution is -0.0120. The molecule has 10 heteroatoms. The normalized spacial score (nSPS) is 24.6. The second kappa shape index (κ2) is 7.66. The molecule has 8 nitrogen and oxygen atoms in total. The number of nitrogens with two attached hydrogens (primary N) is 1. The average molecular weight is 405 g/mol. The van der Waals surface area contributed by atoms with Crippen LogP contribution in [0.1, 0.15) is 26.7 Å². The molecule has 2 N–H and O–H groups in total.